The number of fused-ring (bicyclic) bond motifs is 1. The number of aliphatic imine (C=N–C) groups is 1. The van der Waals surface area contributed by atoms with E-state index < -0.39 is 18.9 Å². The minimum Gasteiger partial charge on any atom is -0.388 e. The van der Waals surface area contributed by atoms with Crippen molar-refractivity contribution in [3.63, 3.8) is 0 Å². The van der Waals surface area contributed by atoms with E-state index in [9.17, 15) is 14.6 Å². The molecular weight excluding hydrogens is 309 g/mol. The predicted octanol–water partition coefficient (Wildman–Crippen LogP) is 1.65. The molecule has 3 unspecified atom stereocenters. The molecule has 2 aliphatic rings. The van der Waals surface area contributed by atoms with Crippen molar-refractivity contribution in [1.82, 2.24) is 4.90 Å². The number of amidine groups is 1. The van der Waals surface area contributed by atoms with Crippen LogP contribution in [-0.4, -0.2) is 60.0 Å². The molecule has 3 atom stereocenters. The summed E-state index contributed by atoms with van der Waals surface area (Å²) in [5, 5.41) is 19.1. The van der Waals surface area contributed by atoms with Crippen LogP contribution in [0.2, 0.25) is 0 Å². The summed E-state index contributed by atoms with van der Waals surface area (Å²) in [5.74, 6) is 0.979. The van der Waals surface area contributed by atoms with Gasteiger partial charge in [0.25, 0.3) is 0 Å². The highest BCUT2D eigenvalue weighted by Gasteiger charge is 2.24. The second-order valence-electron chi connectivity index (χ2n) is 6.12. The van der Waals surface area contributed by atoms with Crippen molar-refractivity contribution in [2.24, 2.45) is 4.99 Å². The third-order valence-corrected chi connectivity index (χ3v) is 4.36. The summed E-state index contributed by atoms with van der Waals surface area (Å²) in [6, 6.07) is 8.04. The fourth-order valence-corrected chi connectivity index (χ4v) is 2.87. The van der Waals surface area contributed by atoms with Gasteiger partial charge in [-0.2, -0.15) is 0 Å². The first-order chi connectivity index (χ1) is 11.6. The maximum absolute atomic E-state index is 12.4. The summed E-state index contributed by atoms with van der Waals surface area (Å²) in [4.78, 5) is 8.63. The quantitative estimate of drug-likeness (QED) is 0.832. The van der Waals surface area contributed by atoms with Gasteiger partial charge in [-0.25, -0.2) is 4.39 Å². The molecule has 0 fully saturated rings. The molecule has 0 radical (unpaired) electrons. The Kier molecular flexibility index (Phi) is 4.97. The van der Waals surface area contributed by atoms with Gasteiger partial charge in [0.2, 0.25) is 0 Å². The van der Waals surface area contributed by atoms with Gasteiger partial charge >= 0.3 is 0 Å². The first-order valence-electron chi connectivity index (χ1n) is 8.01. The molecule has 0 spiro atoms. The van der Waals surface area contributed by atoms with Gasteiger partial charge in [0.1, 0.15) is 18.6 Å². The number of rotatable bonds is 6. The summed E-state index contributed by atoms with van der Waals surface area (Å²) >= 11 is 0. The minimum absolute atomic E-state index is 0.103. The average Bonchev–Trinajstić information content (AvgIpc) is 3.05. The van der Waals surface area contributed by atoms with Crippen LogP contribution < -0.4 is 4.90 Å². The molecule has 0 aliphatic carbocycles. The largest absolute Gasteiger partial charge is 0.388 e. The molecular formula is C18H22FN3O2. The zero-order valence-corrected chi connectivity index (χ0v) is 13.6. The van der Waals surface area contributed by atoms with Crippen LogP contribution >= 0.6 is 0 Å². The molecule has 0 aromatic heterocycles. The Morgan fingerprint density at radius 1 is 1.25 bits per heavy atom. The smallest absolute Gasteiger partial charge is 0.128 e. The lowest BCUT2D eigenvalue weighted by atomic mass is 10.1. The van der Waals surface area contributed by atoms with E-state index in [0.29, 0.717) is 0 Å². The van der Waals surface area contributed by atoms with Gasteiger partial charge in [0, 0.05) is 25.5 Å². The van der Waals surface area contributed by atoms with Gasteiger partial charge in [-0.15, -0.1) is 0 Å². The number of alkyl halides is 1. The van der Waals surface area contributed by atoms with E-state index in [4.69, 9.17) is 4.99 Å². The molecule has 0 amide bonds. The van der Waals surface area contributed by atoms with E-state index in [1.807, 2.05) is 48.7 Å². The maximum atomic E-state index is 12.4. The average molecular weight is 331 g/mol. The summed E-state index contributed by atoms with van der Waals surface area (Å²) < 4.78 is 12.4. The minimum atomic E-state index is -1.35. The van der Waals surface area contributed by atoms with Crippen LogP contribution in [0.1, 0.15) is 11.6 Å². The number of likely N-dealkylation sites (N-methyl/N-ethyl adjacent to an activating group) is 1. The lowest BCUT2D eigenvalue weighted by Crippen LogP contribution is -2.38. The zero-order chi connectivity index (χ0) is 17.1. The second-order valence-corrected chi connectivity index (χ2v) is 6.12. The lowest BCUT2D eigenvalue weighted by molar-refractivity contribution is 0.0102. The first kappa shape index (κ1) is 16.7. The van der Waals surface area contributed by atoms with E-state index in [-0.39, 0.29) is 12.6 Å². The Balaban J connectivity index is 1.65. The molecule has 24 heavy (non-hydrogen) atoms. The van der Waals surface area contributed by atoms with Gasteiger partial charge in [-0.05, 0) is 29.8 Å². The number of nitrogens with zero attached hydrogens (tertiary/aromatic N) is 3. The van der Waals surface area contributed by atoms with E-state index in [2.05, 4.69) is 4.90 Å². The third-order valence-electron chi connectivity index (χ3n) is 4.36. The van der Waals surface area contributed by atoms with Gasteiger partial charge < -0.3 is 20.0 Å². The highest BCUT2D eigenvalue weighted by Crippen LogP contribution is 2.28. The van der Waals surface area contributed by atoms with Crippen molar-refractivity contribution >= 4 is 11.5 Å². The van der Waals surface area contributed by atoms with E-state index in [1.165, 1.54) is 0 Å². The second kappa shape index (κ2) is 7.15. The van der Waals surface area contributed by atoms with Gasteiger partial charge in [-0.1, -0.05) is 18.2 Å². The van der Waals surface area contributed by atoms with Crippen molar-refractivity contribution in [1.29, 1.82) is 0 Å². The maximum Gasteiger partial charge on any atom is 0.128 e. The summed E-state index contributed by atoms with van der Waals surface area (Å²) in [7, 11) is 1.80. The van der Waals surface area contributed by atoms with Crippen molar-refractivity contribution < 1.29 is 14.6 Å². The number of allylic oxidation sites excluding steroid dienone is 2. The predicted molar refractivity (Wildman–Crippen MR) is 92.9 cm³/mol. The molecule has 2 aliphatic heterocycles. The molecule has 5 nitrogen and oxygen atoms in total. The van der Waals surface area contributed by atoms with Crippen molar-refractivity contribution in [2.75, 3.05) is 31.7 Å². The highest BCUT2D eigenvalue weighted by atomic mass is 19.1. The normalized spacial score (nSPS) is 21.4. The molecule has 1 aromatic carbocycles. The van der Waals surface area contributed by atoms with Crippen LogP contribution in [0.3, 0.4) is 0 Å². The number of anilines is 1. The monoisotopic (exact) mass is 331 g/mol. The Morgan fingerprint density at radius 3 is 2.67 bits per heavy atom. The molecule has 2 heterocycles. The Morgan fingerprint density at radius 2 is 2.00 bits per heavy atom. The van der Waals surface area contributed by atoms with Crippen molar-refractivity contribution in [3.8, 4) is 0 Å². The van der Waals surface area contributed by atoms with E-state index in [0.717, 1.165) is 23.6 Å². The summed E-state index contributed by atoms with van der Waals surface area (Å²) in [6.45, 7) is 0.0433. The van der Waals surface area contributed by atoms with E-state index in [1.54, 1.807) is 11.9 Å². The molecule has 6 heteroatoms. The molecule has 128 valence electrons. The zero-order valence-electron chi connectivity index (χ0n) is 13.6. The number of hydrogen-bond acceptors (Lipinski definition) is 5. The van der Waals surface area contributed by atoms with Crippen LogP contribution in [-0.2, 0) is 0 Å². The molecule has 1 aromatic rings. The molecule has 0 bridgehead atoms. The highest BCUT2D eigenvalue weighted by molar-refractivity contribution is 5.96. The van der Waals surface area contributed by atoms with Gasteiger partial charge in [0.05, 0.1) is 18.7 Å². The van der Waals surface area contributed by atoms with Crippen molar-refractivity contribution in [3.05, 3.63) is 54.3 Å². The van der Waals surface area contributed by atoms with Gasteiger partial charge in [-0.3, -0.25) is 4.99 Å². The van der Waals surface area contributed by atoms with Crippen LogP contribution in [0.25, 0.3) is 0 Å². The first-order valence-corrected chi connectivity index (χ1v) is 8.01. The number of benzene rings is 1. The fraction of sp³-hybridized carbons (Fsp3) is 0.389. The molecule has 0 saturated heterocycles. The number of hydrogen-bond donors (Lipinski definition) is 2. The topological polar surface area (TPSA) is 59.3 Å². The van der Waals surface area contributed by atoms with E-state index >= 15 is 0 Å². The number of halogens is 1. The van der Waals surface area contributed by atoms with Crippen LogP contribution in [0.15, 0.2) is 53.7 Å². The summed E-state index contributed by atoms with van der Waals surface area (Å²) in [6.07, 6.45) is 5.54. The number of aliphatic hydroxyl groups is 2. The standard InChI is InChI=1S/C18H22FN3O2/c1-21(12-17(24)16(23)10-19)14-7-5-13(6-8-14)15-11-22-9-3-2-4-18(22)20-15/h2-9,15-17,23-24H,10-12H2,1H3. The van der Waals surface area contributed by atoms with Crippen LogP contribution in [0.5, 0.6) is 0 Å². The lowest BCUT2D eigenvalue weighted by Gasteiger charge is -2.25. The van der Waals surface area contributed by atoms with Crippen LogP contribution in [0, 0.1) is 0 Å². The van der Waals surface area contributed by atoms with Crippen molar-refractivity contribution in [2.45, 2.75) is 18.2 Å². The summed E-state index contributed by atoms with van der Waals surface area (Å²) in [5.41, 5.74) is 2.02. The third kappa shape index (κ3) is 3.49. The van der Waals surface area contributed by atoms with Gasteiger partial charge in [0.15, 0.2) is 0 Å². The molecule has 3 rings (SSSR count). The Bertz CT molecular complexity index is 657. The Hall–Kier alpha value is -2.18. The Labute approximate surface area is 141 Å². The molecule has 2 N–H and O–H groups in total. The number of aliphatic hydroxyl groups excluding tert-OH is 2. The fourth-order valence-electron chi connectivity index (χ4n) is 2.87. The molecule has 0 saturated carbocycles. The van der Waals surface area contributed by atoms with Crippen LogP contribution in [0.4, 0.5) is 10.1 Å². The SMILES string of the molecule is CN(CC(O)C(O)CF)c1ccc(C2CN3C=CC=CC3=N2)cc1.